The van der Waals surface area contributed by atoms with E-state index < -0.39 is 0 Å². The summed E-state index contributed by atoms with van der Waals surface area (Å²) in [7, 11) is 0. The molecule has 2 heterocycles. The first-order chi connectivity index (χ1) is 14.6. The maximum atomic E-state index is 13.0. The van der Waals surface area contributed by atoms with Gasteiger partial charge < -0.3 is 8.94 Å². The maximum Gasteiger partial charge on any atom is 0.262 e. The number of aromatic nitrogens is 2. The van der Waals surface area contributed by atoms with Crippen LogP contribution in [0.15, 0.2) is 86.5 Å². The largest absolute Gasteiger partial charge is 0.455 e. The highest BCUT2D eigenvalue weighted by atomic mass is 16.5. The highest BCUT2D eigenvalue weighted by Crippen LogP contribution is 2.32. The molecule has 30 heavy (non-hydrogen) atoms. The molecule has 5 rings (SSSR count). The molecule has 0 bridgehead atoms. The smallest absolute Gasteiger partial charge is 0.262 e. The molecule has 0 aliphatic carbocycles. The van der Waals surface area contributed by atoms with Crippen LogP contribution in [0, 0.1) is 13.8 Å². The average molecular weight is 394 g/mol. The van der Waals surface area contributed by atoms with E-state index in [1.165, 1.54) is 0 Å². The molecule has 5 nitrogen and oxygen atoms in total. The Morgan fingerprint density at radius 3 is 2.33 bits per heavy atom. The summed E-state index contributed by atoms with van der Waals surface area (Å²) >= 11 is 0. The number of rotatable bonds is 3. The molecule has 3 aromatic carbocycles. The third-order valence-electron chi connectivity index (χ3n) is 5.15. The van der Waals surface area contributed by atoms with E-state index in [9.17, 15) is 4.79 Å². The minimum absolute atomic E-state index is 0.0739. The Balaban J connectivity index is 1.70. The fourth-order valence-corrected chi connectivity index (χ4v) is 3.50. The first-order valence-electron chi connectivity index (χ1n) is 9.65. The first kappa shape index (κ1) is 18.1. The van der Waals surface area contributed by atoms with E-state index >= 15 is 0 Å². The van der Waals surface area contributed by atoms with Crippen LogP contribution >= 0.6 is 0 Å². The lowest BCUT2D eigenvalue weighted by molar-refractivity contribution is 0.432. The molecule has 2 aromatic heterocycles. The molecule has 0 saturated heterocycles. The van der Waals surface area contributed by atoms with E-state index in [1.54, 1.807) is 19.1 Å². The molecule has 5 aromatic rings. The molecule has 0 fully saturated rings. The van der Waals surface area contributed by atoms with Crippen LogP contribution < -0.4 is 5.43 Å². The predicted octanol–water partition coefficient (Wildman–Crippen LogP) is 5.79. The van der Waals surface area contributed by atoms with Gasteiger partial charge in [0.05, 0.1) is 10.9 Å². The lowest BCUT2D eigenvalue weighted by atomic mass is 10.0. The molecule has 0 spiro atoms. The number of hydrogen-bond acceptors (Lipinski definition) is 5. The van der Waals surface area contributed by atoms with Crippen LogP contribution in [0.25, 0.3) is 45.1 Å². The minimum atomic E-state index is -0.0739. The molecule has 0 atom stereocenters. The van der Waals surface area contributed by atoms with Gasteiger partial charge in [-0.15, -0.1) is 0 Å². The molecule has 5 heteroatoms. The number of aryl methyl sites for hydroxylation is 1. The van der Waals surface area contributed by atoms with Crippen LogP contribution in [0.1, 0.15) is 11.1 Å². The Morgan fingerprint density at radius 2 is 1.57 bits per heavy atom. The summed E-state index contributed by atoms with van der Waals surface area (Å²) in [5.41, 5.74) is 4.38. The van der Waals surface area contributed by atoms with E-state index in [0.717, 1.165) is 16.7 Å². The van der Waals surface area contributed by atoms with Gasteiger partial charge in [-0.25, -0.2) is 0 Å². The van der Waals surface area contributed by atoms with Crippen LogP contribution in [-0.4, -0.2) is 10.1 Å². The summed E-state index contributed by atoms with van der Waals surface area (Å²) in [6.07, 6.45) is 0. The number of nitrogens with zero attached hydrogens (tertiary/aromatic N) is 2. The van der Waals surface area contributed by atoms with Gasteiger partial charge in [-0.1, -0.05) is 71.4 Å². The second-order valence-electron chi connectivity index (χ2n) is 7.22. The van der Waals surface area contributed by atoms with Crippen molar-refractivity contribution in [3.63, 3.8) is 0 Å². The Kier molecular flexibility index (Phi) is 4.29. The fourth-order valence-electron chi connectivity index (χ4n) is 3.50. The van der Waals surface area contributed by atoms with Crippen molar-refractivity contribution in [3.8, 4) is 34.2 Å². The highest BCUT2D eigenvalue weighted by Gasteiger charge is 2.19. The first-order valence-corrected chi connectivity index (χ1v) is 9.65. The minimum Gasteiger partial charge on any atom is -0.455 e. The van der Waals surface area contributed by atoms with E-state index in [0.29, 0.717) is 39.6 Å². The summed E-state index contributed by atoms with van der Waals surface area (Å²) < 4.78 is 11.8. The lowest BCUT2D eigenvalue weighted by Crippen LogP contribution is -2.07. The van der Waals surface area contributed by atoms with Gasteiger partial charge in [0.15, 0.2) is 11.0 Å². The molecule has 0 saturated carbocycles. The second kappa shape index (κ2) is 7.12. The van der Waals surface area contributed by atoms with Gasteiger partial charge in [0.25, 0.3) is 5.89 Å². The van der Waals surface area contributed by atoms with Crippen molar-refractivity contribution >= 4 is 11.0 Å². The second-order valence-corrected chi connectivity index (χ2v) is 7.22. The Labute approximate surface area is 172 Å². The molecule has 0 aliphatic heterocycles. The third-order valence-corrected chi connectivity index (χ3v) is 5.15. The summed E-state index contributed by atoms with van der Waals surface area (Å²) in [6, 6.07) is 22.9. The quantitative estimate of drug-likeness (QED) is 0.387. The van der Waals surface area contributed by atoms with Crippen LogP contribution in [0.5, 0.6) is 0 Å². The van der Waals surface area contributed by atoms with Crippen molar-refractivity contribution in [2.24, 2.45) is 0 Å². The van der Waals surface area contributed by atoms with Gasteiger partial charge in [0.2, 0.25) is 5.82 Å². The lowest BCUT2D eigenvalue weighted by Gasteiger charge is -2.08. The SMILES string of the molecule is Cc1ccc(-c2noc(-c3cccc4c(=O)c(C)c(-c5ccccc5)oc34)n2)cc1. The van der Waals surface area contributed by atoms with Crippen molar-refractivity contribution in [1.29, 1.82) is 0 Å². The number of fused-ring (bicyclic) bond motifs is 1. The molecule has 146 valence electrons. The number of para-hydroxylation sites is 1. The van der Waals surface area contributed by atoms with Crippen LogP contribution in [0.2, 0.25) is 0 Å². The van der Waals surface area contributed by atoms with Gasteiger partial charge in [-0.05, 0) is 26.0 Å². The van der Waals surface area contributed by atoms with Gasteiger partial charge in [-0.2, -0.15) is 4.98 Å². The van der Waals surface area contributed by atoms with E-state index in [1.807, 2.05) is 67.6 Å². The van der Waals surface area contributed by atoms with Crippen molar-refractivity contribution in [1.82, 2.24) is 10.1 Å². The molecule has 0 N–H and O–H groups in total. The summed E-state index contributed by atoms with van der Waals surface area (Å²) in [5.74, 6) is 1.33. The topological polar surface area (TPSA) is 69.1 Å². The Hall–Kier alpha value is -3.99. The van der Waals surface area contributed by atoms with Crippen LogP contribution in [0.4, 0.5) is 0 Å². The maximum absolute atomic E-state index is 13.0. The fraction of sp³-hybridized carbons (Fsp3) is 0.0800. The molecule has 0 radical (unpaired) electrons. The molecular weight excluding hydrogens is 376 g/mol. The zero-order chi connectivity index (χ0) is 20.7. The standard InChI is InChI=1S/C25H18N2O3/c1-15-11-13-18(14-12-15)24-26-25(30-27-24)20-10-6-9-19-21(28)16(2)22(29-23(19)20)17-7-4-3-5-8-17/h3-14H,1-2H3. The summed E-state index contributed by atoms with van der Waals surface area (Å²) in [5, 5.41) is 4.60. The highest BCUT2D eigenvalue weighted by molar-refractivity contribution is 5.91. The van der Waals surface area contributed by atoms with Gasteiger partial charge >= 0.3 is 0 Å². The van der Waals surface area contributed by atoms with Crippen molar-refractivity contribution in [3.05, 3.63) is 94.1 Å². The van der Waals surface area contributed by atoms with Crippen molar-refractivity contribution < 1.29 is 8.94 Å². The Bertz CT molecular complexity index is 1420. The Morgan fingerprint density at radius 1 is 0.800 bits per heavy atom. The third kappa shape index (κ3) is 3.01. The van der Waals surface area contributed by atoms with Crippen molar-refractivity contribution in [2.45, 2.75) is 13.8 Å². The number of hydrogen-bond donors (Lipinski definition) is 0. The van der Waals surface area contributed by atoms with E-state index in [-0.39, 0.29) is 5.43 Å². The average Bonchev–Trinajstić information content (AvgIpc) is 3.27. The zero-order valence-corrected chi connectivity index (χ0v) is 16.5. The monoisotopic (exact) mass is 394 g/mol. The molecule has 0 amide bonds. The van der Waals surface area contributed by atoms with Gasteiger partial charge in [0, 0.05) is 16.7 Å². The summed E-state index contributed by atoms with van der Waals surface area (Å²) in [4.78, 5) is 17.6. The van der Waals surface area contributed by atoms with E-state index in [4.69, 9.17) is 8.94 Å². The molecular formula is C25H18N2O3. The molecule has 0 unspecified atom stereocenters. The normalized spacial score (nSPS) is 11.1. The van der Waals surface area contributed by atoms with E-state index in [2.05, 4.69) is 10.1 Å². The zero-order valence-electron chi connectivity index (χ0n) is 16.5. The molecule has 0 aliphatic rings. The predicted molar refractivity (Wildman–Crippen MR) is 116 cm³/mol. The summed E-state index contributed by atoms with van der Waals surface area (Å²) in [6.45, 7) is 3.80. The van der Waals surface area contributed by atoms with Crippen molar-refractivity contribution in [2.75, 3.05) is 0 Å². The number of benzene rings is 3. The van der Waals surface area contributed by atoms with Gasteiger partial charge in [-0.3, -0.25) is 4.79 Å². The van der Waals surface area contributed by atoms with Crippen LogP contribution in [-0.2, 0) is 0 Å². The van der Waals surface area contributed by atoms with Crippen LogP contribution in [0.3, 0.4) is 0 Å². The van der Waals surface area contributed by atoms with Gasteiger partial charge in [0.1, 0.15) is 5.76 Å².